The summed E-state index contributed by atoms with van der Waals surface area (Å²) in [5.74, 6) is 0.518. The molecule has 0 radical (unpaired) electrons. The average molecular weight is 559 g/mol. The summed E-state index contributed by atoms with van der Waals surface area (Å²) in [7, 11) is 0. The van der Waals surface area contributed by atoms with Gasteiger partial charge in [0.2, 0.25) is 0 Å². The van der Waals surface area contributed by atoms with Crippen molar-refractivity contribution >= 4 is 40.2 Å². The molecule has 204 valence electrons. The maximum absolute atomic E-state index is 13.8. The number of benzene rings is 1. The quantitative estimate of drug-likeness (QED) is 0.552. The van der Waals surface area contributed by atoms with Gasteiger partial charge in [0.25, 0.3) is 5.91 Å². The zero-order valence-electron chi connectivity index (χ0n) is 21.5. The van der Waals surface area contributed by atoms with Crippen molar-refractivity contribution in [2.24, 2.45) is 22.9 Å². The van der Waals surface area contributed by atoms with Crippen molar-refractivity contribution in [3.8, 4) is 0 Å². The molecule has 1 saturated carbocycles. The van der Waals surface area contributed by atoms with Gasteiger partial charge in [-0.2, -0.15) is 0 Å². The molecule has 6 rings (SSSR count). The second-order valence-corrected chi connectivity index (χ2v) is 12.6. The minimum atomic E-state index is -0.340. The van der Waals surface area contributed by atoms with E-state index in [1.165, 1.54) is 0 Å². The minimum Gasteiger partial charge on any atom is -0.381 e. The van der Waals surface area contributed by atoms with Gasteiger partial charge in [0, 0.05) is 55.2 Å². The van der Waals surface area contributed by atoms with Crippen LogP contribution in [0.15, 0.2) is 41.1 Å². The van der Waals surface area contributed by atoms with E-state index < -0.39 is 0 Å². The molecule has 8 nitrogen and oxygen atoms in total. The predicted molar refractivity (Wildman–Crippen MR) is 148 cm³/mol. The zero-order valence-corrected chi connectivity index (χ0v) is 23.1. The van der Waals surface area contributed by atoms with E-state index in [-0.39, 0.29) is 34.5 Å². The first-order valence-corrected chi connectivity index (χ1v) is 15.0. The Balaban J connectivity index is 1.24. The number of carbonyl (C=O) groups excluding carboxylic acids is 2. The number of halogens is 1. The highest BCUT2D eigenvalue weighted by atomic mass is 35.5. The number of carbonyl (C=O) groups is 2. The lowest BCUT2D eigenvalue weighted by molar-refractivity contribution is -0.128. The topological polar surface area (TPSA) is 83.5 Å². The van der Waals surface area contributed by atoms with Crippen molar-refractivity contribution < 1.29 is 19.1 Å². The highest BCUT2D eigenvalue weighted by Crippen LogP contribution is 2.47. The van der Waals surface area contributed by atoms with Crippen LogP contribution in [-0.4, -0.2) is 77.6 Å². The summed E-state index contributed by atoms with van der Waals surface area (Å²) in [6.07, 6.45) is 6.92. The fraction of sp³-hybridized carbons (Fsp3) is 0.607. The van der Waals surface area contributed by atoms with Gasteiger partial charge in [0.05, 0.1) is 19.3 Å². The van der Waals surface area contributed by atoms with Crippen LogP contribution in [0.1, 0.15) is 37.7 Å². The average Bonchev–Trinajstić information content (AvgIpc) is 2.95. The molecule has 10 heteroatoms. The molecule has 1 N–H and O–H groups in total. The number of thioether (sulfide) groups is 1. The third kappa shape index (κ3) is 5.62. The Morgan fingerprint density at radius 3 is 2.55 bits per heavy atom. The lowest BCUT2D eigenvalue weighted by Gasteiger charge is -2.50. The van der Waals surface area contributed by atoms with E-state index >= 15 is 0 Å². The van der Waals surface area contributed by atoms with Gasteiger partial charge < -0.3 is 19.7 Å². The molecule has 0 bridgehead atoms. The molecule has 4 atom stereocenters. The Hall–Kier alpha value is -2.07. The van der Waals surface area contributed by atoms with Gasteiger partial charge in [-0.25, -0.2) is 0 Å². The van der Waals surface area contributed by atoms with Crippen molar-refractivity contribution in [3.63, 3.8) is 0 Å². The third-order valence-corrected chi connectivity index (χ3v) is 10.0. The normalized spacial score (nSPS) is 29.9. The number of nitrogens with zero attached hydrogens (tertiary/aromatic N) is 3. The number of hydrazone groups is 1. The van der Waals surface area contributed by atoms with Gasteiger partial charge in [-0.15, -0.1) is 5.10 Å². The fourth-order valence-electron chi connectivity index (χ4n) is 6.48. The lowest BCUT2D eigenvalue weighted by atomic mass is 9.69. The van der Waals surface area contributed by atoms with E-state index in [0.29, 0.717) is 36.6 Å². The van der Waals surface area contributed by atoms with Crippen molar-refractivity contribution in [2.45, 2.75) is 49.9 Å². The summed E-state index contributed by atoms with van der Waals surface area (Å²) in [6.45, 7) is 5.00. The first-order chi connectivity index (χ1) is 18.5. The van der Waals surface area contributed by atoms with Gasteiger partial charge in [-0.3, -0.25) is 14.6 Å². The third-order valence-electron chi connectivity index (χ3n) is 8.47. The standard InChI is InChI=1S/C28H35ClN4O4S/c29-21-3-1-19(2-4-21)16-30-27(35)23-17-33-25-22(26(23)34)14-20(13-18-5-9-36-10-6-18)15-24(25)38-28(31-33)32-7-11-37-12-8-32/h1-4,17-18,20,22,24-25H,5-16H2,(H,30,35). The van der Waals surface area contributed by atoms with E-state index in [4.69, 9.17) is 26.2 Å². The minimum absolute atomic E-state index is 0.00366. The second kappa shape index (κ2) is 11.6. The molecule has 5 aliphatic rings. The first-order valence-electron chi connectivity index (χ1n) is 13.8. The molecule has 2 saturated heterocycles. The Kier molecular flexibility index (Phi) is 7.97. The Morgan fingerprint density at radius 1 is 1.05 bits per heavy atom. The van der Waals surface area contributed by atoms with Gasteiger partial charge in [0.15, 0.2) is 11.0 Å². The smallest absolute Gasteiger partial charge is 0.256 e. The van der Waals surface area contributed by atoms with E-state index in [0.717, 1.165) is 69.1 Å². The van der Waals surface area contributed by atoms with Crippen molar-refractivity contribution in [1.82, 2.24) is 15.2 Å². The molecule has 0 aromatic heterocycles. The molecule has 0 spiro atoms. The summed E-state index contributed by atoms with van der Waals surface area (Å²) in [5, 5.41) is 11.8. The summed E-state index contributed by atoms with van der Waals surface area (Å²) >= 11 is 7.82. The van der Waals surface area contributed by atoms with Gasteiger partial charge >= 0.3 is 0 Å². The van der Waals surface area contributed by atoms with Crippen LogP contribution < -0.4 is 5.32 Å². The summed E-state index contributed by atoms with van der Waals surface area (Å²) in [4.78, 5) is 29.4. The van der Waals surface area contributed by atoms with Crippen LogP contribution in [0.4, 0.5) is 0 Å². The van der Waals surface area contributed by atoms with Crippen LogP contribution in [0.2, 0.25) is 5.02 Å². The van der Waals surface area contributed by atoms with E-state index in [9.17, 15) is 9.59 Å². The first kappa shape index (κ1) is 26.2. The molecule has 1 aromatic carbocycles. The van der Waals surface area contributed by atoms with Crippen LogP contribution in [0.5, 0.6) is 0 Å². The number of hydrogen-bond acceptors (Lipinski definition) is 8. The fourth-order valence-corrected chi connectivity index (χ4v) is 8.17. The van der Waals surface area contributed by atoms with Gasteiger partial charge in [-0.1, -0.05) is 35.5 Å². The molecule has 1 aromatic rings. The van der Waals surface area contributed by atoms with Crippen LogP contribution in [-0.2, 0) is 25.6 Å². The lowest BCUT2D eigenvalue weighted by Crippen LogP contribution is -2.57. The van der Waals surface area contributed by atoms with Crippen molar-refractivity contribution in [2.75, 3.05) is 39.5 Å². The van der Waals surface area contributed by atoms with E-state index in [1.807, 2.05) is 28.9 Å². The molecule has 38 heavy (non-hydrogen) atoms. The van der Waals surface area contributed by atoms with Crippen molar-refractivity contribution in [1.29, 1.82) is 0 Å². The molecular formula is C28H35ClN4O4S. The molecule has 1 aliphatic carbocycles. The molecule has 4 heterocycles. The Labute approximate surface area is 233 Å². The molecule has 3 fully saturated rings. The number of ether oxygens (including phenoxy) is 2. The summed E-state index contributed by atoms with van der Waals surface area (Å²) in [6, 6.07) is 7.35. The predicted octanol–water partition coefficient (Wildman–Crippen LogP) is 3.65. The molecule has 1 amide bonds. The summed E-state index contributed by atoms with van der Waals surface area (Å²) < 4.78 is 11.2. The number of ketones is 1. The number of amides is 1. The largest absolute Gasteiger partial charge is 0.381 e. The van der Waals surface area contributed by atoms with Gasteiger partial charge in [0.1, 0.15) is 5.57 Å². The Bertz CT molecular complexity index is 1100. The van der Waals surface area contributed by atoms with Crippen LogP contribution in [0, 0.1) is 17.8 Å². The zero-order chi connectivity index (χ0) is 26.1. The number of nitrogens with one attached hydrogen (secondary N) is 1. The van der Waals surface area contributed by atoms with E-state index in [1.54, 1.807) is 18.3 Å². The van der Waals surface area contributed by atoms with Crippen LogP contribution >= 0.6 is 23.4 Å². The van der Waals surface area contributed by atoms with Crippen LogP contribution in [0.3, 0.4) is 0 Å². The van der Waals surface area contributed by atoms with Crippen molar-refractivity contribution in [3.05, 3.63) is 46.6 Å². The maximum Gasteiger partial charge on any atom is 0.256 e. The number of amidine groups is 1. The molecular weight excluding hydrogens is 524 g/mol. The summed E-state index contributed by atoms with van der Waals surface area (Å²) in [5.41, 5.74) is 1.14. The number of Topliss-reactive ketones (excluding diaryl/α,β-unsaturated/α-hetero) is 1. The highest BCUT2D eigenvalue weighted by molar-refractivity contribution is 8.14. The number of rotatable bonds is 5. The number of hydrogen-bond donors (Lipinski definition) is 1. The SMILES string of the molecule is O=C(NCc1ccc(Cl)cc1)C1=CN2N=C(N3CCOCC3)SC3CC(CC4CCOCC4)CC(C1=O)C32. The molecule has 4 aliphatic heterocycles. The number of morpholine rings is 1. The monoisotopic (exact) mass is 558 g/mol. The van der Waals surface area contributed by atoms with E-state index in [2.05, 4.69) is 10.2 Å². The second-order valence-electron chi connectivity index (χ2n) is 11.0. The van der Waals surface area contributed by atoms with Gasteiger partial charge in [-0.05, 0) is 61.6 Å². The van der Waals surface area contributed by atoms with Crippen LogP contribution in [0.25, 0.3) is 0 Å². The maximum atomic E-state index is 13.8. The highest BCUT2D eigenvalue weighted by Gasteiger charge is 2.51. The Morgan fingerprint density at radius 2 is 1.79 bits per heavy atom. The molecule has 4 unspecified atom stereocenters.